The highest BCUT2D eigenvalue weighted by Gasteiger charge is 2.33. The number of amides is 1. The van der Waals surface area contributed by atoms with Crippen molar-refractivity contribution in [1.29, 1.82) is 0 Å². The fraction of sp³-hybridized carbons (Fsp3) is 0.240. The summed E-state index contributed by atoms with van der Waals surface area (Å²) >= 11 is 0. The van der Waals surface area contributed by atoms with Gasteiger partial charge in [-0.25, -0.2) is 0 Å². The number of benzene rings is 3. The minimum absolute atomic E-state index is 0.171. The standard InChI is InChI=1S/C25H23NO4/c1-25(2)14-17-10-18(13-22(28-3)23(17)30-25)26-24(27)19-8-9-29-21-12-16-7-5-4-6-15(16)11-20(19)21/h4-8,10-13H,9,14H2,1-3H3,(H,26,27). The monoisotopic (exact) mass is 401 g/mol. The Balaban J connectivity index is 1.47. The van der Waals surface area contributed by atoms with Gasteiger partial charge in [0.1, 0.15) is 18.0 Å². The van der Waals surface area contributed by atoms with E-state index >= 15 is 0 Å². The second kappa shape index (κ2) is 6.80. The maximum absolute atomic E-state index is 13.2. The van der Waals surface area contributed by atoms with E-state index in [1.54, 1.807) is 13.2 Å². The molecule has 2 heterocycles. The molecule has 1 N–H and O–H groups in total. The highest BCUT2D eigenvalue weighted by atomic mass is 16.5. The van der Waals surface area contributed by atoms with Crippen LogP contribution in [0.5, 0.6) is 17.2 Å². The predicted molar refractivity (Wildman–Crippen MR) is 117 cm³/mol. The van der Waals surface area contributed by atoms with Gasteiger partial charge in [-0.1, -0.05) is 24.3 Å². The predicted octanol–water partition coefficient (Wildman–Crippen LogP) is 4.98. The minimum Gasteiger partial charge on any atom is -0.493 e. The van der Waals surface area contributed by atoms with E-state index in [0.29, 0.717) is 23.6 Å². The molecule has 0 saturated heterocycles. The van der Waals surface area contributed by atoms with Crippen molar-refractivity contribution in [3.05, 3.63) is 65.7 Å². The normalized spacial score (nSPS) is 16.0. The molecule has 5 rings (SSSR count). The third-order valence-electron chi connectivity index (χ3n) is 5.51. The number of hydrogen-bond acceptors (Lipinski definition) is 4. The second-order valence-corrected chi connectivity index (χ2v) is 8.28. The average Bonchev–Trinajstić information content (AvgIpc) is 3.04. The molecular formula is C25H23NO4. The zero-order chi connectivity index (χ0) is 20.9. The molecule has 5 heteroatoms. The van der Waals surface area contributed by atoms with Gasteiger partial charge in [0.25, 0.3) is 5.91 Å². The van der Waals surface area contributed by atoms with Crippen molar-refractivity contribution in [1.82, 2.24) is 0 Å². The molecular weight excluding hydrogens is 378 g/mol. The second-order valence-electron chi connectivity index (χ2n) is 8.28. The van der Waals surface area contributed by atoms with E-state index in [4.69, 9.17) is 14.2 Å². The van der Waals surface area contributed by atoms with Crippen LogP contribution in [0.25, 0.3) is 16.3 Å². The molecule has 0 saturated carbocycles. The Hall–Kier alpha value is -3.47. The lowest BCUT2D eigenvalue weighted by Gasteiger charge is -2.20. The molecule has 30 heavy (non-hydrogen) atoms. The number of hydrogen-bond donors (Lipinski definition) is 1. The van der Waals surface area contributed by atoms with Crippen molar-refractivity contribution >= 4 is 27.9 Å². The van der Waals surface area contributed by atoms with Gasteiger partial charge in [0, 0.05) is 29.3 Å². The lowest BCUT2D eigenvalue weighted by molar-refractivity contribution is -0.111. The van der Waals surface area contributed by atoms with E-state index in [9.17, 15) is 4.79 Å². The molecule has 0 bridgehead atoms. The van der Waals surface area contributed by atoms with Gasteiger partial charge in [-0.2, -0.15) is 0 Å². The van der Waals surface area contributed by atoms with Gasteiger partial charge in [-0.3, -0.25) is 4.79 Å². The Kier molecular flexibility index (Phi) is 4.21. The topological polar surface area (TPSA) is 56.8 Å². The van der Waals surface area contributed by atoms with E-state index < -0.39 is 0 Å². The van der Waals surface area contributed by atoms with Gasteiger partial charge in [0.15, 0.2) is 11.5 Å². The molecule has 3 aromatic carbocycles. The SMILES string of the molecule is COc1cc(NC(=O)C2=CCOc3cc4ccccc4cc32)cc2c1OC(C)(C)C2. The van der Waals surface area contributed by atoms with Crippen molar-refractivity contribution < 1.29 is 19.0 Å². The molecule has 2 aliphatic heterocycles. The smallest absolute Gasteiger partial charge is 0.256 e. The van der Waals surface area contributed by atoms with Gasteiger partial charge in [-0.05, 0) is 48.9 Å². The molecule has 0 aliphatic carbocycles. The summed E-state index contributed by atoms with van der Waals surface area (Å²) in [6.07, 6.45) is 2.58. The summed E-state index contributed by atoms with van der Waals surface area (Å²) < 4.78 is 17.3. The molecule has 0 unspecified atom stereocenters. The fourth-order valence-electron chi connectivity index (χ4n) is 4.19. The van der Waals surface area contributed by atoms with Crippen LogP contribution in [0.15, 0.2) is 54.6 Å². The summed E-state index contributed by atoms with van der Waals surface area (Å²) in [4.78, 5) is 13.2. The summed E-state index contributed by atoms with van der Waals surface area (Å²) in [5, 5.41) is 5.19. The third-order valence-corrected chi connectivity index (χ3v) is 5.51. The highest BCUT2D eigenvalue weighted by Crippen LogP contribution is 2.44. The van der Waals surface area contributed by atoms with Crippen LogP contribution < -0.4 is 19.5 Å². The molecule has 0 spiro atoms. The zero-order valence-corrected chi connectivity index (χ0v) is 17.2. The first-order valence-corrected chi connectivity index (χ1v) is 10.0. The van der Waals surface area contributed by atoms with Crippen molar-refractivity contribution in [3.8, 4) is 17.2 Å². The Bertz CT molecular complexity index is 1210. The Morgan fingerprint density at radius 3 is 2.63 bits per heavy atom. The van der Waals surface area contributed by atoms with Crippen molar-refractivity contribution in [2.75, 3.05) is 19.0 Å². The molecule has 5 nitrogen and oxygen atoms in total. The Labute approximate surface area is 175 Å². The first-order chi connectivity index (χ1) is 14.4. The number of nitrogens with one attached hydrogen (secondary N) is 1. The van der Waals surface area contributed by atoms with Crippen LogP contribution in [-0.4, -0.2) is 25.2 Å². The third kappa shape index (κ3) is 3.16. The maximum atomic E-state index is 13.2. The van der Waals surface area contributed by atoms with E-state index in [0.717, 1.165) is 39.8 Å². The molecule has 3 aromatic rings. The van der Waals surface area contributed by atoms with E-state index in [1.165, 1.54) is 0 Å². The fourth-order valence-corrected chi connectivity index (χ4v) is 4.19. The Morgan fingerprint density at radius 2 is 1.87 bits per heavy atom. The van der Waals surface area contributed by atoms with Gasteiger partial charge in [0.05, 0.1) is 12.7 Å². The van der Waals surface area contributed by atoms with Crippen LogP contribution in [0.2, 0.25) is 0 Å². The summed E-state index contributed by atoms with van der Waals surface area (Å²) in [5.41, 5.74) is 2.84. The number of anilines is 1. The number of rotatable bonds is 3. The maximum Gasteiger partial charge on any atom is 0.256 e. The summed E-state index contributed by atoms with van der Waals surface area (Å²) in [6.45, 7) is 4.45. The number of methoxy groups -OCH3 is 1. The quantitative estimate of drug-likeness (QED) is 0.673. The van der Waals surface area contributed by atoms with Crippen molar-refractivity contribution in [2.45, 2.75) is 25.9 Å². The van der Waals surface area contributed by atoms with E-state index in [1.807, 2.05) is 62.4 Å². The molecule has 0 atom stereocenters. The van der Waals surface area contributed by atoms with Crippen LogP contribution in [0.4, 0.5) is 5.69 Å². The van der Waals surface area contributed by atoms with Crippen molar-refractivity contribution in [3.63, 3.8) is 0 Å². The number of carbonyl (C=O) groups is 1. The van der Waals surface area contributed by atoms with Crippen molar-refractivity contribution in [2.24, 2.45) is 0 Å². The summed E-state index contributed by atoms with van der Waals surface area (Å²) in [7, 11) is 1.61. The van der Waals surface area contributed by atoms with Crippen LogP contribution >= 0.6 is 0 Å². The van der Waals surface area contributed by atoms with Crippen LogP contribution in [-0.2, 0) is 11.2 Å². The summed E-state index contributed by atoms with van der Waals surface area (Å²) in [5.74, 6) is 1.93. The van der Waals surface area contributed by atoms with Crippen LogP contribution in [0, 0.1) is 0 Å². The number of fused-ring (bicyclic) bond motifs is 3. The zero-order valence-electron chi connectivity index (χ0n) is 17.2. The molecule has 1 amide bonds. The van der Waals surface area contributed by atoms with Gasteiger partial charge >= 0.3 is 0 Å². The van der Waals surface area contributed by atoms with E-state index in [-0.39, 0.29) is 11.5 Å². The Morgan fingerprint density at radius 1 is 1.10 bits per heavy atom. The average molecular weight is 401 g/mol. The van der Waals surface area contributed by atoms with Crippen LogP contribution in [0.1, 0.15) is 25.0 Å². The molecule has 0 fully saturated rings. The lowest BCUT2D eigenvalue weighted by Crippen LogP contribution is -2.24. The number of ether oxygens (including phenoxy) is 3. The molecule has 0 radical (unpaired) electrons. The van der Waals surface area contributed by atoms with Crippen LogP contribution in [0.3, 0.4) is 0 Å². The molecule has 2 aliphatic rings. The first-order valence-electron chi connectivity index (χ1n) is 10.0. The van der Waals surface area contributed by atoms with Gasteiger partial charge in [-0.15, -0.1) is 0 Å². The molecule has 152 valence electrons. The largest absolute Gasteiger partial charge is 0.493 e. The first kappa shape index (κ1) is 18.6. The minimum atomic E-state index is -0.290. The lowest BCUT2D eigenvalue weighted by atomic mass is 9.97. The van der Waals surface area contributed by atoms with Gasteiger partial charge < -0.3 is 19.5 Å². The van der Waals surface area contributed by atoms with Gasteiger partial charge in [0.2, 0.25) is 0 Å². The van der Waals surface area contributed by atoms with E-state index in [2.05, 4.69) is 5.32 Å². The summed E-state index contributed by atoms with van der Waals surface area (Å²) in [6, 6.07) is 15.8. The number of carbonyl (C=O) groups excluding carboxylic acids is 1. The molecule has 0 aromatic heterocycles. The highest BCUT2D eigenvalue weighted by molar-refractivity contribution is 6.26.